The van der Waals surface area contributed by atoms with Gasteiger partial charge in [-0.1, -0.05) is 35.9 Å². The van der Waals surface area contributed by atoms with Crippen LogP contribution in [0.1, 0.15) is 22.7 Å². The topological polar surface area (TPSA) is 21.3 Å². The molecule has 0 aliphatic carbocycles. The largest absolute Gasteiger partial charge is 0.496 e. The minimum Gasteiger partial charge on any atom is -0.496 e. The van der Waals surface area contributed by atoms with Gasteiger partial charge in [-0.05, 0) is 36.6 Å². The Kier molecular flexibility index (Phi) is 3.11. The summed E-state index contributed by atoms with van der Waals surface area (Å²) in [6.45, 7) is 2.05. The quantitative estimate of drug-likeness (QED) is 0.877. The maximum Gasteiger partial charge on any atom is 0.124 e. The molecule has 1 heterocycles. The van der Waals surface area contributed by atoms with Crippen LogP contribution < -0.4 is 10.1 Å². The molecule has 0 bridgehead atoms. The van der Waals surface area contributed by atoms with E-state index in [4.69, 9.17) is 16.3 Å². The third-order valence-corrected chi connectivity index (χ3v) is 4.15. The van der Waals surface area contributed by atoms with Gasteiger partial charge in [0.25, 0.3) is 0 Å². The van der Waals surface area contributed by atoms with E-state index in [1.54, 1.807) is 7.11 Å². The lowest BCUT2D eigenvalue weighted by molar-refractivity contribution is 0.407. The fourth-order valence-electron chi connectivity index (χ4n) is 2.70. The van der Waals surface area contributed by atoms with Crippen LogP contribution in [0.4, 0.5) is 5.69 Å². The zero-order valence-electron chi connectivity index (χ0n) is 11.0. The first kappa shape index (κ1) is 12.4. The number of halogens is 1. The molecule has 0 fully saturated rings. The van der Waals surface area contributed by atoms with Crippen molar-refractivity contribution < 1.29 is 4.74 Å². The molecule has 2 aromatic rings. The van der Waals surface area contributed by atoms with Gasteiger partial charge in [0.15, 0.2) is 0 Å². The van der Waals surface area contributed by atoms with Gasteiger partial charge in [0, 0.05) is 16.3 Å². The number of nitrogens with one attached hydrogen (secondary N) is 1. The van der Waals surface area contributed by atoms with E-state index in [2.05, 4.69) is 24.4 Å². The van der Waals surface area contributed by atoms with Crippen molar-refractivity contribution >= 4 is 17.3 Å². The third-order valence-electron chi connectivity index (χ3n) is 3.74. The Morgan fingerprint density at radius 3 is 2.79 bits per heavy atom. The maximum atomic E-state index is 6.18. The Labute approximate surface area is 118 Å². The summed E-state index contributed by atoms with van der Waals surface area (Å²) in [5.41, 5.74) is 4.80. The highest BCUT2D eigenvalue weighted by Crippen LogP contribution is 2.40. The zero-order valence-corrected chi connectivity index (χ0v) is 11.8. The molecule has 1 aliphatic rings. The molecule has 3 heteroatoms. The smallest absolute Gasteiger partial charge is 0.124 e. The molecule has 1 N–H and O–H groups in total. The number of hydrogen-bond acceptors (Lipinski definition) is 2. The Morgan fingerprint density at radius 1 is 1.21 bits per heavy atom. The lowest BCUT2D eigenvalue weighted by Gasteiger charge is -2.16. The van der Waals surface area contributed by atoms with Gasteiger partial charge in [-0.15, -0.1) is 0 Å². The fraction of sp³-hybridized carbons (Fsp3) is 0.250. The molecule has 0 saturated carbocycles. The van der Waals surface area contributed by atoms with Crippen LogP contribution in [0, 0.1) is 6.92 Å². The fourth-order valence-corrected chi connectivity index (χ4v) is 2.86. The summed E-state index contributed by atoms with van der Waals surface area (Å²) >= 11 is 6.18. The van der Waals surface area contributed by atoms with Gasteiger partial charge >= 0.3 is 0 Å². The molecule has 0 aromatic heterocycles. The van der Waals surface area contributed by atoms with Gasteiger partial charge in [-0.25, -0.2) is 0 Å². The van der Waals surface area contributed by atoms with Gasteiger partial charge < -0.3 is 10.1 Å². The molecule has 98 valence electrons. The molecule has 0 amide bonds. The minimum atomic E-state index is 0.253. The van der Waals surface area contributed by atoms with Crippen LogP contribution in [-0.4, -0.2) is 7.11 Å². The number of anilines is 1. The Bertz CT molecular complexity index is 624. The van der Waals surface area contributed by atoms with Gasteiger partial charge in [-0.3, -0.25) is 0 Å². The Balaban J connectivity index is 1.98. The van der Waals surface area contributed by atoms with E-state index >= 15 is 0 Å². The van der Waals surface area contributed by atoms with Gasteiger partial charge in [-0.2, -0.15) is 0 Å². The number of hydrogen-bond donors (Lipinski definition) is 1. The number of ether oxygens (including phenoxy) is 1. The van der Waals surface area contributed by atoms with Gasteiger partial charge in [0.1, 0.15) is 5.75 Å². The van der Waals surface area contributed by atoms with Gasteiger partial charge in [0.05, 0.1) is 13.2 Å². The number of methoxy groups -OCH3 is 1. The number of rotatable bonds is 2. The summed E-state index contributed by atoms with van der Waals surface area (Å²) in [4.78, 5) is 0. The molecule has 0 radical (unpaired) electrons. The Hall–Kier alpha value is -1.67. The summed E-state index contributed by atoms with van der Waals surface area (Å²) in [6, 6.07) is 12.5. The second-order valence-corrected chi connectivity index (χ2v) is 5.26. The number of benzene rings is 2. The van der Waals surface area contributed by atoms with Crippen molar-refractivity contribution in [3.63, 3.8) is 0 Å². The van der Waals surface area contributed by atoms with E-state index in [0.717, 1.165) is 22.8 Å². The lowest BCUT2D eigenvalue weighted by atomic mass is 10.0. The molecule has 2 nitrogen and oxygen atoms in total. The second kappa shape index (κ2) is 4.78. The standard InChI is InChI=1S/C16H16ClNO/c1-10-13(17)8-7-11-9-14(18-16(10)11)12-5-3-4-6-15(12)19-2/h3-8,14,18H,9H2,1-2H3. The third kappa shape index (κ3) is 2.06. The molecule has 1 atom stereocenters. The van der Waals surface area contributed by atoms with Crippen molar-refractivity contribution in [1.82, 2.24) is 0 Å². The predicted octanol–water partition coefficient (Wildman–Crippen LogP) is 4.37. The van der Waals surface area contributed by atoms with E-state index in [0.29, 0.717) is 0 Å². The molecular formula is C16H16ClNO. The lowest BCUT2D eigenvalue weighted by Crippen LogP contribution is -2.07. The molecule has 2 aromatic carbocycles. The molecule has 3 rings (SSSR count). The van der Waals surface area contributed by atoms with Gasteiger partial charge in [0.2, 0.25) is 0 Å². The molecule has 1 aliphatic heterocycles. The zero-order chi connectivity index (χ0) is 13.4. The molecule has 0 saturated heterocycles. The van der Waals surface area contributed by atoms with E-state index in [1.165, 1.54) is 16.8 Å². The summed E-state index contributed by atoms with van der Waals surface area (Å²) in [5.74, 6) is 0.927. The second-order valence-electron chi connectivity index (χ2n) is 4.85. The highest BCUT2D eigenvalue weighted by atomic mass is 35.5. The highest BCUT2D eigenvalue weighted by molar-refractivity contribution is 6.31. The van der Waals surface area contributed by atoms with Crippen molar-refractivity contribution in [2.45, 2.75) is 19.4 Å². The first-order valence-corrected chi connectivity index (χ1v) is 6.76. The molecule has 19 heavy (non-hydrogen) atoms. The maximum absolute atomic E-state index is 6.18. The van der Waals surface area contributed by atoms with E-state index in [1.807, 2.05) is 24.3 Å². The molecule has 0 spiro atoms. The minimum absolute atomic E-state index is 0.253. The van der Waals surface area contributed by atoms with Crippen LogP contribution in [0.2, 0.25) is 5.02 Å². The normalized spacial score (nSPS) is 16.9. The van der Waals surface area contributed by atoms with Crippen LogP contribution >= 0.6 is 11.6 Å². The summed E-state index contributed by atoms with van der Waals surface area (Å²) < 4.78 is 5.44. The van der Waals surface area contributed by atoms with E-state index in [-0.39, 0.29) is 6.04 Å². The van der Waals surface area contributed by atoms with Crippen molar-refractivity contribution in [3.8, 4) is 5.75 Å². The average molecular weight is 274 g/mol. The van der Waals surface area contributed by atoms with Crippen LogP contribution in [-0.2, 0) is 6.42 Å². The van der Waals surface area contributed by atoms with Crippen molar-refractivity contribution in [2.24, 2.45) is 0 Å². The van der Waals surface area contributed by atoms with E-state index < -0.39 is 0 Å². The number of fused-ring (bicyclic) bond motifs is 1. The Morgan fingerprint density at radius 2 is 2.00 bits per heavy atom. The van der Waals surface area contributed by atoms with Crippen LogP contribution in [0.3, 0.4) is 0 Å². The SMILES string of the molecule is COc1ccccc1C1Cc2ccc(Cl)c(C)c2N1. The predicted molar refractivity (Wildman–Crippen MR) is 79.3 cm³/mol. The summed E-state index contributed by atoms with van der Waals surface area (Å²) in [5, 5.41) is 4.38. The molecule has 1 unspecified atom stereocenters. The average Bonchev–Trinajstić information content (AvgIpc) is 2.87. The summed E-state index contributed by atoms with van der Waals surface area (Å²) in [7, 11) is 1.71. The monoisotopic (exact) mass is 273 g/mol. The van der Waals surface area contributed by atoms with Crippen molar-refractivity contribution in [3.05, 3.63) is 58.1 Å². The number of para-hydroxylation sites is 1. The molecular weight excluding hydrogens is 258 g/mol. The summed E-state index contributed by atoms with van der Waals surface area (Å²) in [6.07, 6.45) is 0.966. The highest BCUT2D eigenvalue weighted by Gasteiger charge is 2.26. The van der Waals surface area contributed by atoms with Crippen LogP contribution in [0.5, 0.6) is 5.75 Å². The van der Waals surface area contributed by atoms with Crippen molar-refractivity contribution in [1.29, 1.82) is 0 Å². The van der Waals surface area contributed by atoms with Crippen LogP contribution in [0.15, 0.2) is 36.4 Å². The van der Waals surface area contributed by atoms with E-state index in [9.17, 15) is 0 Å². The first-order chi connectivity index (χ1) is 9.20. The van der Waals surface area contributed by atoms with Crippen molar-refractivity contribution in [2.75, 3.05) is 12.4 Å². The first-order valence-electron chi connectivity index (χ1n) is 6.38. The van der Waals surface area contributed by atoms with Crippen LogP contribution in [0.25, 0.3) is 0 Å².